The summed E-state index contributed by atoms with van der Waals surface area (Å²) < 4.78 is 13.0. The SMILES string of the molecule is C=CCCC(=O)NC[C@H](OC(=O)[C@H]1[C@@H]2O[C@@]3(CC2Br)[C@@H]1C(=O)N([C@@H](CO)Cc1ccccc1)[C@@H]3C(=O)N(CC=C)c1ccc(Cl)cc1)c1ccccc1. The molecule has 278 valence electrons. The van der Waals surface area contributed by atoms with E-state index in [4.69, 9.17) is 21.1 Å². The molecule has 1 unspecified atom stereocenters. The van der Waals surface area contributed by atoms with Crippen molar-refractivity contribution in [1.82, 2.24) is 10.2 Å². The number of aliphatic hydroxyl groups is 1. The molecule has 6 rings (SSSR count). The molecule has 1 spiro atoms. The Hall–Kier alpha value is -4.29. The van der Waals surface area contributed by atoms with E-state index in [1.165, 1.54) is 9.80 Å². The van der Waals surface area contributed by atoms with Gasteiger partial charge in [0.1, 0.15) is 17.7 Å². The van der Waals surface area contributed by atoms with Gasteiger partial charge in [0.25, 0.3) is 5.91 Å². The van der Waals surface area contributed by atoms with Crippen molar-refractivity contribution in [2.24, 2.45) is 11.8 Å². The molecule has 3 aromatic carbocycles. The number of halogens is 2. The van der Waals surface area contributed by atoms with Crippen LogP contribution in [0.15, 0.2) is 110 Å². The molecule has 3 aromatic rings. The number of rotatable bonds is 16. The second-order valence-electron chi connectivity index (χ2n) is 13.6. The molecule has 3 saturated heterocycles. The number of anilines is 1. The van der Waals surface area contributed by atoms with E-state index in [2.05, 4.69) is 34.4 Å². The number of esters is 1. The number of amides is 3. The Morgan fingerprint density at radius 2 is 1.74 bits per heavy atom. The summed E-state index contributed by atoms with van der Waals surface area (Å²) in [7, 11) is 0. The first kappa shape index (κ1) is 38.4. The third-order valence-electron chi connectivity index (χ3n) is 10.4. The van der Waals surface area contributed by atoms with Gasteiger partial charge in [0.15, 0.2) is 0 Å². The van der Waals surface area contributed by atoms with E-state index in [1.807, 2.05) is 48.5 Å². The van der Waals surface area contributed by atoms with E-state index in [1.54, 1.807) is 48.6 Å². The van der Waals surface area contributed by atoms with Crippen LogP contribution in [0.4, 0.5) is 5.69 Å². The van der Waals surface area contributed by atoms with E-state index in [-0.39, 0.29) is 38.3 Å². The predicted octanol–water partition coefficient (Wildman–Crippen LogP) is 5.58. The van der Waals surface area contributed by atoms with Crippen LogP contribution in [0.25, 0.3) is 0 Å². The first-order valence-electron chi connectivity index (χ1n) is 17.7. The highest BCUT2D eigenvalue weighted by atomic mass is 79.9. The monoisotopic (exact) mass is 803 g/mol. The molecule has 0 aromatic heterocycles. The van der Waals surface area contributed by atoms with Gasteiger partial charge in [-0.2, -0.15) is 0 Å². The summed E-state index contributed by atoms with van der Waals surface area (Å²) in [6.45, 7) is 7.24. The number of ether oxygens (including phenoxy) is 2. The van der Waals surface area contributed by atoms with Crippen molar-refractivity contribution in [2.75, 3.05) is 24.6 Å². The molecule has 10 nitrogen and oxygen atoms in total. The van der Waals surface area contributed by atoms with Crippen molar-refractivity contribution < 1.29 is 33.8 Å². The molecule has 0 aliphatic carbocycles. The number of nitrogens with zero attached hydrogens (tertiary/aromatic N) is 2. The van der Waals surface area contributed by atoms with Crippen LogP contribution in [-0.2, 0) is 35.1 Å². The van der Waals surface area contributed by atoms with Gasteiger partial charge in [-0.3, -0.25) is 19.2 Å². The maximum absolute atomic E-state index is 15.1. The number of nitrogens with one attached hydrogen (secondary N) is 1. The minimum atomic E-state index is -1.42. The quantitative estimate of drug-likeness (QED) is 0.110. The lowest BCUT2D eigenvalue weighted by Gasteiger charge is -2.39. The topological polar surface area (TPSA) is 125 Å². The molecule has 0 radical (unpaired) electrons. The first-order valence-corrected chi connectivity index (χ1v) is 19.0. The lowest BCUT2D eigenvalue weighted by Crippen LogP contribution is -2.59. The number of carbonyl (C=O) groups is 4. The van der Waals surface area contributed by atoms with Crippen molar-refractivity contribution in [2.45, 2.75) is 60.4 Å². The van der Waals surface area contributed by atoms with Crippen LogP contribution < -0.4 is 10.2 Å². The number of allylic oxidation sites excluding steroid dienone is 1. The van der Waals surface area contributed by atoms with Gasteiger partial charge >= 0.3 is 5.97 Å². The summed E-state index contributed by atoms with van der Waals surface area (Å²) in [5, 5.41) is 14.2. The highest BCUT2D eigenvalue weighted by Crippen LogP contribution is 2.61. The molecule has 3 aliphatic heterocycles. The van der Waals surface area contributed by atoms with Gasteiger partial charge in [0.05, 0.1) is 37.1 Å². The van der Waals surface area contributed by atoms with Crippen LogP contribution in [0.2, 0.25) is 5.02 Å². The van der Waals surface area contributed by atoms with Crippen LogP contribution in [0.5, 0.6) is 0 Å². The van der Waals surface area contributed by atoms with Gasteiger partial charge in [-0.05, 0) is 54.7 Å². The fraction of sp³-hybridized carbons (Fsp3) is 0.366. The largest absolute Gasteiger partial charge is 0.455 e. The summed E-state index contributed by atoms with van der Waals surface area (Å²) in [6.07, 6.45) is 2.87. The van der Waals surface area contributed by atoms with E-state index in [0.29, 0.717) is 22.7 Å². The van der Waals surface area contributed by atoms with Crippen LogP contribution in [-0.4, -0.2) is 82.0 Å². The summed E-state index contributed by atoms with van der Waals surface area (Å²) in [6, 6.07) is 23.2. The number of benzene rings is 3. The average molecular weight is 805 g/mol. The molecular formula is C41H43BrClN3O7. The molecule has 3 heterocycles. The number of aliphatic hydroxyl groups excluding tert-OH is 1. The minimum Gasteiger partial charge on any atom is -0.455 e. The Labute approximate surface area is 322 Å². The molecule has 3 amide bonds. The molecule has 8 atom stereocenters. The van der Waals surface area contributed by atoms with Gasteiger partial charge in [-0.25, -0.2) is 0 Å². The number of hydrogen-bond acceptors (Lipinski definition) is 7. The molecule has 53 heavy (non-hydrogen) atoms. The smallest absolute Gasteiger partial charge is 0.313 e. The third kappa shape index (κ3) is 7.71. The maximum Gasteiger partial charge on any atom is 0.313 e. The minimum absolute atomic E-state index is 0.0139. The highest BCUT2D eigenvalue weighted by Gasteiger charge is 2.77. The van der Waals surface area contributed by atoms with Crippen LogP contribution >= 0.6 is 27.5 Å². The number of carbonyl (C=O) groups excluding carboxylic acids is 4. The lowest BCUT2D eigenvalue weighted by atomic mass is 9.70. The summed E-state index contributed by atoms with van der Waals surface area (Å²) in [5.74, 6) is -3.96. The fourth-order valence-corrected chi connectivity index (χ4v) is 9.08. The Bertz CT molecular complexity index is 1810. The van der Waals surface area contributed by atoms with Gasteiger partial charge in [0.2, 0.25) is 11.8 Å². The second kappa shape index (κ2) is 16.8. The zero-order valence-electron chi connectivity index (χ0n) is 29.2. The van der Waals surface area contributed by atoms with Crippen LogP contribution in [0, 0.1) is 11.8 Å². The van der Waals surface area contributed by atoms with Crippen molar-refractivity contribution in [3.8, 4) is 0 Å². The fourth-order valence-electron chi connectivity index (χ4n) is 8.01. The molecule has 12 heteroatoms. The number of alkyl halides is 1. The number of fused-ring (bicyclic) bond motifs is 1. The standard InChI is InChI=1S/C41H43BrClN3O7/c1-3-5-16-33(48)44-24-32(27-14-10-7-11-15-27)52-40(51)34-35-38(49)46(30(25-47)22-26-12-8-6-9-13-26)37(41(35)23-31(42)36(34)53-41)39(50)45(21-4-2)29-19-17-28(43)18-20-29/h3-4,6-15,17-20,30-32,34-37,47H,1-2,5,16,21-25H2,(H,44,48)/t30-,31?,32+,34-,35+,36-,37-,41+/m1/s1. The Morgan fingerprint density at radius 1 is 1.06 bits per heavy atom. The average Bonchev–Trinajstić information content (AvgIpc) is 3.77. The van der Waals surface area contributed by atoms with Crippen molar-refractivity contribution in [3.05, 3.63) is 126 Å². The second-order valence-corrected chi connectivity index (χ2v) is 15.2. The molecular weight excluding hydrogens is 762 g/mol. The lowest BCUT2D eigenvalue weighted by molar-refractivity contribution is -0.160. The Kier molecular flexibility index (Phi) is 12.2. The van der Waals surface area contributed by atoms with E-state index in [0.717, 1.165) is 5.56 Å². The van der Waals surface area contributed by atoms with E-state index < -0.39 is 70.9 Å². The number of likely N-dealkylation sites (tertiary alicyclic amines) is 1. The molecule has 2 bridgehead atoms. The predicted molar refractivity (Wildman–Crippen MR) is 205 cm³/mol. The summed E-state index contributed by atoms with van der Waals surface area (Å²) >= 11 is 9.93. The van der Waals surface area contributed by atoms with Gasteiger partial charge in [0, 0.05) is 28.5 Å². The summed E-state index contributed by atoms with van der Waals surface area (Å²) in [4.78, 5) is 59.6. The van der Waals surface area contributed by atoms with Gasteiger partial charge in [-0.15, -0.1) is 13.2 Å². The highest BCUT2D eigenvalue weighted by molar-refractivity contribution is 9.09. The molecule has 3 fully saturated rings. The Morgan fingerprint density at radius 3 is 2.38 bits per heavy atom. The van der Waals surface area contributed by atoms with Gasteiger partial charge < -0.3 is 29.7 Å². The first-order chi connectivity index (χ1) is 25.6. The van der Waals surface area contributed by atoms with Crippen molar-refractivity contribution >= 4 is 56.9 Å². The van der Waals surface area contributed by atoms with Crippen molar-refractivity contribution in [1.29, 1.82) is 0 Å². The summed E-state index contributed by atoms with van der Waals surface area (Å²) in [5.41, 5.74) is 0.641. The van der Waals surface area contributed by atoms with E-state index in [9.17, 15) is 19.5 Å². The zero-order chi connectivity index (χ0) is 37.7. The van der Waals surface area contributed by atoms with E-state index >= 15 is 4.79 Å². The molecule has 2 N–H and O–H groups in total. The number of hydrogen-bond donors (Lipinski definition) is 2. The van der Waals surface area contributed by atoms with Crippen molar-refractivity contribution in [3.63, 3.8) is 0 Å². The zero-order valence-corrected chi connectivity index (χ0v) is 31.5. The Balaban J connectivity index is 1.38. The third-order valence-corrected chi connectivity index (χ3v) is 11.5. The van der Waals surface area contributed by atoms with Crippen LogP contribution in [0.3, 0.4) is 0 Å². The molecule has 3 aliphatic rings. The molecule has 0 saturated carbocycles. The van der Waals surface area contributed by atoms with Gasteiger partial charge in [-0.1, -0.05) is 100 Å². The normalized spacial score (nSPS) is 25.3. The maximum atomic E-state index is 15.1. The van der Waals surface area contributed by atoms with Crippen LogP contribution in [0.1, 0.15) is 36.5 Å².